The third-order valence-electron chi connectivity index (χ3n) is 2.85. The molecule has 0 saturated carbocycles. The van der Waals surface area contributed by atoms with Gasteiger partial charge in [0.25, 0.3) is 5.69 Å². The summed E-state index contributed by atoms with van der Waals surface area (Å²) in [7, 11) is 0. The van der Waals surface area contributed by atoms with E-state index in [1.807, 2.05) is 4.91 Å². The van der Waals surface area contributed by atoms with Crippen molar-refractivity contribution in [2.24, 2.45) is 5.11 Å². The van der Waals surface area contributed by atoms with Crippen LogP contribution in [0.1, 0.15) is 10.4 Å². The van der Waals surface area contributed by atoms with Crippen LogP contribution in [0.3, 0.4) is 0 Å². The van der Waals surface area contributed by atoms with Gasteiger partial charge in [-0.3, -0.25) is 10.1 Å². The van der Waals surface area contributed by atoms with Gasteiger partial charge in [-0.25, -0.2) is 22.4 Å². The molecule has 0 aliphatic rings. The Kier molecular flexibility index (Phi) is 4.84. The summed E-state index contributed by atoms with van der Waals surface area (Å²) in [6.45, 7) is 0. The molecule has 25 heavy (non-hydrogen) atoms. The maximum atomic E-state index is 13.8. The number of ether oxygens (including phenoxy) is 1. The molecule has 2 aromatic rings. The van der Waals surface area contributed by atoms with Crippen LogP contribution in [0.5, 0.6) is 5.75 Å². The second-order valence-corrected chi connectivity index (χ2v) is 4.31. The number of carbonyl (C=O) groups excluding carboxylic acids is 1. The first-order valence-corrected chi connectivity index (χ1v) is 6.15. The Bertz CT molecular complexity index is 898. The number of nitro groups is 1. The van der Waals surface area contributed by atoms with Gasteiger partial charge >= 0.3 is 5.97 Å². The van der Waals surface area contributed by atoms with Crippen LogP contribution in [0.25, 0.3) is 10.4 Å². The molecule has 0 aliphatic heterocycles. The maximum Gasteiger partial charge on any atom is 0.349 e. The number of halogens is 4. The molecule has 0 N–H and O–H groups in total. The summed E-state index contributed by atoms with van der Waals surface area (Å²) in [5.74, 6) is -10.6. The number of hydrogen-bond donors (Lipinski definition) is 0. The van der Waals surface area contributed by atoms with E-state index in [9.17, 15) is 32.5 Å². The van der Waals surface area contributed by atoms with Crippen molar-refractivity contribution in [2.75, 3.05) is 0 Å². The van der Waals surface area contributed by atoms with Crippen LogP contribution >= 0.6 is 0 Å². The predicted octanol–water partition coefficient (Wildman–Crippen LogP) is 4.31. The standard InChI is InChI=1S/C13H4F4N4O4/c14-8-7(9(15)11(17)12(10(8)16)19-20-18)13(22)25-6-3-1-5(2-4-6)21(23)24/h1-4H. The fourth-order valence-corrected chi connectivity index (χ4v) is 1.73. The molecule has 0 atom stereocenters. The Morgan fingerprint density at radius 1 is 1.08 bits per heavy atom. The Morgan fingerprint density at radius 2 is 1.60 bits per heavy atom. The monoisotopic (exact) mass is 356 g/mol. The molecule has 2 aromatic carbocycles. The highest BCUT2D eigenvalue weighted by atomic mass is 19.2. The zero-order valence-corrected chi connectivity index (χ0v) is 11.7. The van der Waals surface area contributed by atoms with Crippen LogP contribution in [-0.4, -0.2) is 10.9 Å². The normalized spacial score (nSPS) is 10.1. The zero-order valence-electron chi connectivity index (χ0n) is 11.7. The lowest BCUT2D eigenvalue weighted by atomic mass is 10.1. The summed E-state index contributed by atoms with van der Waals surface area (Å²) in [5, 5.41) is 13.0. The summed E-state index contributed by atoms with van der Waals surface area (Å²) in [5.41, 5.74) is 4.50. The van der Waals surface area contributed by atoms with Crippen molar-refractivity contribution in [1.82, 2.24) is 0 Å². The van der Waals surface area contributed by atoms with Gasteiger partial charge in [0, 0.05) is 17.0 Å². The molecule has 0 aromatic heterocycles. The lowest BCUT2D eigenvalue weighted by Gasteiger charge is -2.09. The summed E-state index contributed by atoms with van der Waals surface area (Å²) < 4.78 is 59.3. The number of hydrogen-bond acceptors (Lipinski definition) is 5. The average Bonchev–Trinajstić information content (AvgIpc) is 2.57. The Morgan fingerprint density at radius 3 is 2.04 bits per heavy atom. The fourth-order valence-electron chi connectivity index (χ4n) is 1.73. The molecular formula is C13H4F4N4O4. The van der Waals surface area contributed by atoms with E-state index in [-0.39, 0.29) is 11.4 Å². The van der Waals surface area contributed by atoms with E-state index < -0.39 is 45.4 Å². The summed E-state index contributed by atoms with van der Waals surface area (Å²) in [6, 6.07) is 3.74. The smallest absolute Gasteiger partial charge is 0.349 e. The SMILES string of the molecule is [N-]=[N+]=Nc1c(F)c(F)c(C(=O)Oc2ccc([N+](=O)[O-])cc2)c(F)c1F. The van der Waals surface area contributed by atoms with Crippen LogP contribution in [0.15, 0.2) is 29.4 Å². The molecule has 0 saturated heterocycles. The van der Waals surface area contributed by atoms with Crippen molar-refractivity contribution in [3.63, 3.8) is 0 Å². The number of carbonyl (C=O) groups is 1. The number of nitrogens with zero attached hydrogens (tertiary/aromatic N) is 4. The Balaban J connectivity index is 2.42. The van der Waals surface area contributed by atoms with Gasteiger partial charge in [0.15, 0.2) is 23.3 Å². The molecule has 8 nitrogen and oxygen atoms in total. The third-order valence-corrected chi connectivity index (χ3v) is 2.85. The second-order valence-electron chi connectivity index (χ2n) is 4.31. The minimum Gasteiger partial charge on any atom is -0.423 e. The fraction of sp³-hybridized carbons (Fsp3) is 0. The highest BCUT2D eigenvalue weighted by Gasteiger charge is 2.30. The highest BCUT2D eigenvalue weighted by Crippen LogP contribution is 2.31. The quantitative estimate of drug-likeness (QED) is 0.0933. The topological polar surface area (TPSA) is 118 Å². The molecule has 0 amide bonds. The number of nitro benzene ring substituents is 1. The van der Waals surface area contributed by atoms with Crippen molar-refractivity contribution in [3.8, 4) is 5.75 Å². The van der Waals surface area contributed by atoms with Gasteiger partial charge in [-0.15, -0.1) is 0 Å². The number of non-ortho nitro benzene ring substituents is 1. The van der Waals surface area contributed by atoms with Crippen LogP contribution in [-0.2, 0) is 0 Å². The molecule has 0 heterocycles. The van der Waals surface area contributed by atoms with Gasteiger partial charge in [0.1, 0.15) is 17.0 Å². The van der Waals surface area contributed by atoms with E-state index >= 15 is 0 Å². The van der Waals surface area contributed by atoms with Crippen LogP contribution in [0, 0.1) is 33.4 Å². The molecule has 0 radical (unpaired) electrons. The highest BCUT2D eigenvalue weighted by molar-refractivity contribution is 5.92. The van der Waals surface area contributed by atoms with Gasteiger partial charge in [-0.2, -0.15) is 0 Å². The average molecular weight is 356 g/mol. The van der Waals surface area contributed by atoms with Crippen LogP contribution < -0.4 is 4.74 Å². The van der Waals surface area contributed by atoms with E-state index in [1.54, 1.807) is 0 Å². The van der Waals surface area contributed by atoms with E-state index in [0.29, 0.717) is 0 Å². The first kappa shape index (κ1) is 17.7. The predicted molar refractivity (Wildman–Crippen MR) is 73.1 cm³/mol. The first-order valence-electron chi connectivity index (χ1n) is 6.15. The van der Waals surface area contributed by atoms with E-state index in [1.165, 1.54) is 0 Å². The van der Waals surface area contributed by atoms with Crippen LogP contribution in [0.2, 0.25) is 0 Å². The molecule has 128 valence electrons. The van der Waals surface area contributed by atoms with Gasteiger partial charge in [0.2, 0.25) is 0 Å². The summed E-state index contributed by atoms with van der Waals surface area (Å²) >= 11 is 0. The summed E-state index contributed by atoms with van der Waals surface area (Å²) in [6.07, 6.45) is 0. The maximum absolute atomic E-state index is 13.8. The Labute approximate surface area is 135 Å². The molecule has 0 fully saturated rings. The molecule has 12 heteroatoms. The van der Waals surface area contributed by atoms with E-state index in [2.05, 4.69) is 9.85 Å². The molecular weight excluding hydrogens is 352 g/mol. The molecule has 0 bridgehead atoms. The molecule has 0 spiro atoms. The zero-order chi connectivity index (χ0) is 18.7. The van der Waals surface area contributed by atoms with Crippen molar-refractivity contribution in [2.45, 2.75) is 0 Å². The number of benzene rings is 2. The molecule has 0 aliphatic carbocycles. The van der Waals surface area contributed by atoms with Gasteiger partial charge < -0.3 is 4.74 Å². The second kappa shape index (κ2) is 6.84. The lowest BCUT2D eigenvalue weighted by Crippen LogP contribution is -2.16. The Hall–Kier alpha value is -3.66. The third kappa shape index (κ3) is 3.33. The number of rotatable bonds is 4. The molecule has 0 unspecified atom stereocenters. The van der Waals surface area contributed by atoms with Crippen molar-refractivity contribution >= 4 is 17.3 Å². The minimum atomic E-state index is -2.12. The van der Waals surface area contributed by atoms with Crippen molar-refractivity contribution < 1.29 is 32.0 Å². The number of azide groups is 1. The lowest BCUT2D eigenvalue weighted by molar-refractivity contribution is -0.384. The van der Waals surface area contributed by atoms with E-state index in [4.69, 9.17) is 5.53 Å². The van der Waals surface area contributed by atoms with E-state index in [0.717, 1.165) is 24.3 Å². The first-order chi connectivity index (χ1) is 11.8. The van der Waals surface area contributed by atoms with Crippen molar-refractivity contribution in [3.05, 3.63) is 73.7 Å². The molecule has 2 rings (SSSR count). The van der Waals surface area contributed by atoms with Gasteiger partial charge in [-0.05, 0) is 17.7 Å². The van der Waals surface area contributed by atoms with Crippen LogP contribution in [0.4, 0.5) is 28.9 Å². The number of esters is 1. The summed E-state index contributed by atoms with van der Waals surface area (Å²) in [4.78, 5) is 23.5. The van der Waals surface area contributed by atoms with Gasteiger partial charge in [-0.1, -0.05) is 5.11 Å². The largest absolute Gasteiger partial charge is 0.423 e. The minimum absolute atomic E-state index is 0.354. The van der Waals surface area contributed by atoms with Gasteiger partial charge in [0.05, 0.1) is 4.92 Å². The van der Waals surface area contributed by atoms with Crippen molar-refractivity contribution in [1.29, 1.82) is 0 Å².